The molecule has 1 fully saturated rings. The normalized spacial score (nSPS) is 14.5. The Hall–Kier alpha value is -1.23. The van der Waals surface area contributed by atoms with Crippen LogP contribution in [-0.4, -0.2) is 57.6 Å². The number of halogens is 4. The molecule has 9 heteroatoms. The van der Waals surface area contributed by atoms with E-state index in [1.54, 1.807) is 19.2 Å². The molecule has 154 valence electrons. The minimum atomic E-state index is -4.66. The molecule has 27 heavy (non-hydrogen) atoms. The highest BCUT2D eigenvalue weighted by molar-refractivity contribution is 14.0. The first kappa shape index (κ1) is 23.8. The summed E-state index contributed by atoms with van der Waals surface area (Å²) in [5.41, 5.74) is 0.915. The van der Waals surface area contributed by atoms with E-state index in [0.29, 0.717) is 19.6 Å². The fourth-order valence-electron chi connectivity index (χ4n) is 2.40. The van der Waals surface area contributed by atoms with Crippen molar-refractivity contribution in [1.82, 2.24) is 10.2 Å². The van der Waals surface area contributed by atoms with Gasteiger partial charge in [0.2, 0.25) is 0 Å². The Morgan fingerprint density at radius 3 is 2.48 bits per heavy atom. The molecular formula is C18H27F3IN3O2. The number of hydrogen-bond acceptors (Lipinski definition) is 3. The standard InChI is InChI=1S/C18H26F3N3O2.HI/c1-22-17(24(2)11-12-25-13-15-3-4-15)23-10-9-14-5-7-16(8-6-14)26-18(19,20)21;/h5-8,15H,3-4,9-13H2,1-2H3,(H,22,23);1H. The number of guanidine groups is 1. The first-order chi connectivity index (χ1) is 12.4. The molecule has 0 aromatic heterocycles. The van der Waals surface area contributed by atoms with Crippen LogP contribution in [-0.2, 0) is 11.2 Å². The maximum Gasteiger partial charge on any atom is 0.573 e. The zero-order chi connectivity index (χ0) is 19.0. The number of nitrogens with zero attached hydrogens (tertiary/aromatic N) is 2. The van der Waals surface area contributed by atoms with Crippen molar-refractivity contribution in [2.75, 3.05) is 40.4 Å². The minimum absolute atomic E-state index is 0. The first-order valence-electron chi connectivity index (χ1n) is 8.71. The molecule has 2 rings (SSSR count). The lowest BCUT2D eigenvalue weighted by Crippen LogP contribution is -2.41. The maximum absolute atomic E-state index is 12.1. The molecule has 5 nitrogen and oxygen atoms in total. The lowest BCUT2D eigenvalue weighted by Gasteiger charge is -2.22. The van der Waals surface area contributed by atoms with Crippen LogP contribution in [0.3, 0.4) is 0 Å². The number of nitrogens with one attached hydrogen (secondary N) is 1. The summed E-state index contributed by atoms with van der Waals surface area (Å²) in [7, 11) is 3.66. The van der Waals surface area contributed by atoms with Crippen LogP contribution in [0.4, 0.5) is 13.2 Å². The summed E-state index contributed by atoms with van der Waals surface area (Å²) in [6, 6.07) is 5.89. The molecule has 0 aliphatic heterocycles. The van der Waals surface area contributed by atoms with Crippen LogP contribution in [0.25, 0.3) is 0 Å². The zero-order valence-corrected chi connectivity index (χ0v) is 17.9. The Kier molecular flexibility index (Phi) is 10.2. The number of benzene rings is 1. The van der Waals surface area contributed by atoms with Gasteiger partial charge in [0.1, 0.15) is 5.75 Å². The summed E-state index contributed by atoms with van der Waals surface area (Å²) in [6.45, 7) is 2.87. The van der Waals surface area contributed by atoms with E-state index in [1.165, 1.54) is 25.0 Å². The molecule has 1 aromatic carbocycles. The second-order valence-electron chi connectivity index (χ2n) is 6.36. The van der Waals surface area contributed by atoms with E-state index < -0.39 is 6.36 Å². The summed E-state index contributed by atoms with van der Waals surface area (Å²) >= 11 is 0. The van der Waals surface area contributed by atoms with Crippen LogP contribution in [0, 0.1) is 5.92 Å². The Balaban J connectivity index is 0.00000364. The third-order valence-corrected chi connectivity index (χ3v) is 4.05. The van der Waals surface area contributed by atoms with E-state index in [0.717, 1.165) is 30.6 Å². The van der Waals surface area contributed by atoms with Crippen molar-refractivity contribution >= 4 is 29.9 Å². The Bertz CT molecular complexity index is 578. The van der Waals surface area contributed by atoms with Gasteiger partial charge in [-0.05, 0) is 42.9 Å². The third kappa shape index (κ3) is 10.0. The molecule has 0 saturated heterocycles. The van der Waals surface area contributed by atoms with E-state index in [1.807, 2.05) is 11.9 Å². The van der Waals surface area contributed by atoms with Gasteiger partial charge >= 0.3 is 6.36 Å². The number of alkyl halides is 3. The predicted octanol–water partition coefficient (Wildman–Crippen LogP) is 3.68. The monoisotopic (exact) mass is 501 g/mol. The van der Waals surface area contributed by atoms with Crippen molar-refractivity contribution in [2.45, 2.75) is 25.6 Å². The van der Waals surface area contributed by atoms with Gasteiger partial charge in [-0.15, -0.1) is 37.1 Å². The highest BCUT2D eigenvalue weighted by Gasteiger charge is 2.30. The fourth-order valence-corrected chi connectivity index (χ4v) is 2.40. The van der Waals surface area contributed by atoms with Crippen molar-refractivity contribution in [3.8, 4) is 5.75 Å². The number of hydrogen-bond donors (Lipinski definition) is 1. The van der Waals surface area contributed by atoms with Crippen LogP contribution in [0.2, 0.25) is 0 Å². The SMILES string of the molecule is CN=C(NCCc1ccc(OC(F)(F)F)cc1)N(C)CCOCC1CC1.I. The lowest BCUT2D eigenvalue weighted by molar-refractivity contribution is -0.274. The maximum atomic E-state index is 12.1. The van der Waals surface area contributed by atoms with Gasteiger partial charge in [-0.3, -0.25) is 4.99 Å². The largest absolute Gasteiger partial charge is 0.573 e. The topological polar surface area (TPSA) is 46.1 Å². The van der Waals surface area contributed by atoms with E-state index in [9.17, 15) is 13.2 Å². The molecule has 1 saturated carbocycles. The zero-order valence-electron chi connectivity index (χ0n) is 15.6. The van der Waals surface area contributed by atoms with Gasteiger partial charge in [0, 0.05) is 33.8 Å². The van der Waals surface area contributed by atoms with Crippen LogP contribution in [0.5, 0.6) is 5.75 Å². The molecule has 0 unspecified atom stereocenters. The molecule has 0 bridgehead atoms. The van der Waals surface area contributed by atoms with Gasteiger partial charge in [0.15, 0.2) is 5.96 Å². The van der Waals surface area contributed by atoms with Gasteiger partial charge < -0.3 is 19.7 Å². The van der Waals surface area contributed by atoms with E-state index in [2.05, 4.69) is 15.0 Å². The Morgan fingerprint density at radius 2 is 1.93 bits per heavy atom. The van der Waals surface area contributed by atoms with Crippen LogP contribution in [0.15, 0.2) is 29.3 Å². The van der Waals surface area contributed by atoms with Gasteiger partial charge in [-0.2, -0.15) is 0 Å². The highest BCUT2D eigenvalue weighted by Crippen LogP contribution is 2.28. The number of likely N-dealkylation sites (N-methyl/N-ethyl adjacent to an activating group) is 1. The number of aliphatic imine (C=N–C) groups is 1. The lowest BCUT2D eigenvalue weighted by atomic mass is 10.1. The van der Waals surface area contributed by atoms with Gasteiger partial charge in [0.05, 0.1) is 6.61 Å². The predicted molar refractivity (Wildman–Crippen MR) is 110 cm³/mol. The van der Waals surface area contributed by atoms with Crippen LogP contribution < -0.4 is 10.1 Å². The van der Waals surface area contributed by atoms with Crippen molar-refractivity contribution in [2.24, 2.45) is 10.9 Å². The Morgan fingerprint density at radius 1 is 1.26 bits per heavy atom. The van der Waals surface area contributed by atoms with Crippen molar-refractivity contribution in [3.63, 3.8) is 0 Å². The summed E-state index contributed by atoms with van der Waals surface area (Å²) in [4.78, 5) is 6.22. The molecule has 1 aliphatic rings. The molecule has 0 amide bonds. The summed E-state index contributed by atoms with van der Waals surface area (Å²) < 4.78 is 45.9. The van der Waals surface area contributed by atoms with Crippen molar-refractivity contribution in [3.05, 3.63) is 29.8 Å². The first-order valence-corrected chi connectivity index (χ1v) is 8.71. The Labute approximate surface area is 175 Å². The van der Waals surface area contributed by atoms with Gasteiger partial charge in [-0.1, -0.05) is 12.1 Å². The number of ether oxygens (including phenoxy) is 2. The van der Waals surface area contributed by atoms with E-state index in [-0.39, 0.29) is 29.7 Å². The van der Waals surface area contributed by atoms with E-state index in [4.69, 9.17) is 4.74 Å². The highest BCUT2D eigenvalue weighted by atomic mass is 127. The molecule has 0 radical (unpaired) electrons. The summed E-state index contributed by atoms with van der Waals surface area (Å²) in [5.74, 6) is 1.30. The molecule has 0 heterocycles. The second-order valence-corrected chi connectivity index (χ2v) is 6.36. The minimum Gasteiger partial charge on any atom is -0.406 e. The average Bonchev–Trinajstić information content (AvgIpc) is 3.40. The smallest absolute Gasteiger partial charge is 0.406 e. The van der Waals surface area contributed by atoms with Crippen LogP contribution in [0.1, 0.15) is 18.4 Å². The molecular weight excluding hydrogens is 474 g/mol. The fraction of sp³-hybridized carbons (Fsp3) is 0.611. The molecule has 1 N–H and O–H groups in total. The second kappa shape index (κ2) is 11.6. The van der Waals surface area contributed by atoms with Crippen molar-refractivity contribution in [1.29, 1.82) is 0 Å². The molecule has 1 aromatic rings. The van der Waals surface area contributed by atoms with Crippen LogP contribution >= 0.6 is 24.0 Å². The summed E-state index contributed by atoms with van der Waals surface area (Å²) in [6.07, 6.45) is -1.44. The molecule has 0 spiro atoms. The average molecular weight is 501 g/mol. The molecule has 1 aliphatic carbocycles. The number of rotatable bonds is 9. The molecule has 0 atom stereocenters. The van der Waals surface area contributed by atoms with Gasteiger partial charge in [-0.25, -0.2) is 0 Å². The van der Waals surface area contributed by atoms with Crippen molar-refractivity contribution < 1.29 is 22.6 Å². The van der Waals surface area contributed by atoms with E-state index >= 15 is 0 Å². The quantitative estimate of drug-likeness (QED) is 0.243. The third-order valence-electron chi connectivity index (χ3n) is 4.05. The van der Waals surface area contributed by atoms with Gasteiger partial charge in [0.25, 0.3) is 0 Å². The summed E-state index contributed by atoms with van der Waals surface area (Å²) in [5, 5.41) is 3.24.